The fraction of sp³-hybridized carbons (Fsp3) is 0.100. The van der Waals surface area contributed by atoms with Crippen molar-refractivity contribution in [1.82, 2.24) is 19.5 Å². The fourth-order valence-corrected chi connectivity index (χ4v) is 2.60. The Labute approximate surface area is 160 Å². The maximum Gasteiger partial charge on any atom is 0.259 e. The van der Waals surface area contributed by atoms with Crippen LogP contribution in [0.1, 0.15) is 21.7 Å². The summed E-state index contributed by atoms with van der Waals surface area (Å²) in [7, 11) is 1.87. The summed E-state index contributed by atoms with van der Waals surface area (Å²) in [6, 6.07) is 2.05. The number of fused-ring (bicyclic) bond motifs is 1. The van der Waals surface area contributed by atoms with Gasteiger partial charge in [-0.1, -0.05) is 12.1 Å². The number of hydrogen-bond donors (Lipinski definition) is 1. The number of aromatic nitrogens is 4. The second-order valence-corrected chi connectivity index (χ2v) is 5.85. The van der Waals surface area contributed by atoms with Crippen LogP contribution in [0.5, 0.6) is 0 Å². The number of hydrogen-bond acceptors (Lipinski definition) is 4. The average Bonchev–Trinajstić information content (AvgIpc) is 3.09. The Hall–Kier alpha value is -3.61. The molecule has 0 fully saturated rings. The highest BCUT2D eigenvalue weighted by atomic mass is 19.1. The molecule has 0 saturated heterocycles. The van der Waals surface area contributed by atoms with E-state index in [1.54, 1.807) is 6.20 Å². The number of carbonyl (C=O) groups is 1. The molecule has 1 N–H and O–H groups in total. The summed E-state index contributed by atoms with van der Waals surface area (Å²) in [4.78, 5) is 25.5. The van der Waals surface area contributed by atoms with E-state index in [0.717, 1.165) is 11.5 Å². The van der Waals surface area contributed by atoms with E-state index in [1.165, 1.54) is 12.3 Å². The largest absolute Gasteiger partial charge is 0.330 e. The lowest BCUT2D eigenvalue weighted by Crippen LogP contribution is -2.14. The molecule has 3 aromatic heterocycles. The van der Waals surface area contributed by atoms with Gasteiger partial charge in [0.25, 0.3) is 5.91 Å². The lowest BCUT2D eigenvalue weighted by Gasteiger charge is -2.08. The van der Waals surface area contributed by atoms with Gasteiger partial charge in [-0.2, -0.15) is 0 Å². The fourth-order valence-electron chi connectivity index (χ4n) is 2.60. The molecular weight excluding hydrogens is 345 g/mol. The average molecular weight is 365 g/mol. The zero-order valence-corrected chi connectivity index (χ0v) is 14.5. The van der Waals surface area contributed by atoms with Crippen molar-refractivity contribution in [3.8, 4) is 11.4 Å². The van der Waals surface area contributed by atoms with Gasteiger partial charge in [0.15, 0.2) is 0 Å². The molecule has 0 spiro atoms. The van der Waals surface area contributed by atoms with Crippen molar-refractivity contribution >= 4 is 22.6 Å². The van der Waals surface area contributed by atoms with E-state index < -0.39 is 41.5 Å². The number of imidazole rings is 1. The highest BCUT2D eigenvalue weighted by Crippen LogP contribution is 2.22. The molecule has 0 unspecified atom stereocenters. The molecular formula is C20H16FN5O. The first-order valence-electron chi connectivity index (χ1n) is 10.0. The number of anilines is 1. The smallest absolute Gasteiger partial charge is 0.259 e. The first kappa shape index (κ1) is 12.7. The lowest BCUT2D eigenvalue weighted by atomic mass is 10.2. The monoisotopic (exact) mass is 365 g/mol. The van der Waals surface area contributed by atoms with Crippen LogP contribution < -0.4 is 5.32 Å². The van der Waals surface area contributed by atoms with E-state index >= 15 is 0 Å². The summed E-state index contributed by atoms with van der Waals surface area (Å²) < 4.78 is 46.8. The Morgan fingerprint density at radius 3 is 2.81 bits per heavy atom. The number of rotatable bonds is 3. The van der Waals surface area contributed by atoms with Gasteiger partial charge >= 0.3 is 0 Å². The van der Waals surface area contributed by atoms with Crippen molar-refractivity contribution in [3.63, 3.8) is 0 Å². The Bertz CT molecular complexity index is 1340. The van der Waals surface area contributed by atoms with Gasteiger partial charge in [-0.25, -0.2) is 19.3 Å². The maximum absolute atomic E-state index is 14.4. The number of aryl methyl sites for hydroxylation is 1. The van der Waals surface area contributed by atoms with Crippen LogP contribution >= 0.6 is 0 Å². The van der Waals surface area contributed by atoms with Crippen LogP contribution in [0.4, 0.5) is 10.2 Å². The Balaban J connectivity index is 1.71. The van der Waals surface area contributed by atoms with Gasteiger partial charge in [-0.15, -0.1) is 0 Å². The van der Waals surface area contributed by atoms with Crippen molar-refractivity contribution < 1.29 is 14.7 Å². The standard InChI is InChI=1S/C20H16FN5O/c1-12-22-11-18(26(12)2)16-8-7-13-10-23-19(9-17(13)24-16)25-20(27)14-5-3-4-6-15(14)21/h3-11H,1-2H3,(H,23,25,27)/i3D,4D,5D,6D. The molecule has 0 saturated carbocycles. The molecule has 6 nitrogen and oxygen atoms in total. The number of halogens is 1. The summed E-state index contributed by atoms with van der Waals surface area (Å²) in [6.07, 6.45) is 3.20. The number of carbonyl (C=O) groups excluding carboxylic acids is 1. The maximum atomic E-state index is 14.4. The molecule has 0 atom stereocenters. The van der Waals surface area contributed by atoms with Gasteiger partial charge in [0.1, 0.15) is 17.5 Å². The summed E-state index contributed by atoms with van der Waals surface area (Å²) >= 11 is 0. The minimum Gasteiger partial charge on any atom is -0.330 e. The van der Waals surface area contributed by atoms with E-state index in [4.69, 9.17) is 5.48 Å². The number of pyridine rings is 2. The molecule has 0 aliphatic carbocycles. The van der Waals surface area contributed by atoms with Crippen molar-refractivity contribution in [2.75, 3.05) is 5.32 Å². The van der Waals surface area contributed by atoms with Gasteiger partial charge in [0, 0.05) is 24.7 Å². The SMILES string of the molecule is [2H]c1c([2H])c([2H])c(C(=O)Nc2cc3nc(-c4cnc(C)n4C)ccc3cn2)c(F)c1[2H]. The molecule has 4 aromatic rings. The van der Waals surface area contributed by atoms with Crippen LogP contribution in [-0.4, -0.2) is 25.4 Å². The quantitative estimate of drug-likeness (QED) is 0.600. The third-order valence-corrected chi connectivity index (χ3v) is 4.17. The molecule has 0 radical (unpaired) electrons. The lowest BCUT2D eigenvalue weighted by molar-refractivity contribution is 0.102. The van der Waals surface area contributed by atoms with Crippen molar-refractivity contribution in [1.29, 1.82) is 0 Å². The molecule has 7 heteroatoms. The molecule has 4 rings (SSSR count). The summed E-state index contributed by atoms with van der Waals surface area (Å²) in [5, 5.41) is 3.10. The van der Waals surface area contributed by atoms with E-state index in [9.17, 15) is 9.18 Å². The summed E-state index contributed by atoms with van der Waals surface area (Å²) in [5.41, 5.74) is 1.23. The van der Waals surface area contributed by atoms with Crippen LogP contribution in [0.3, 0.4) is 0 Å². The zero-order valence-electron chi connectivity index (χ0n) is 18.5. The number of amides is 1. The van der Waals surface area contributed by atoms with Crippen molar-refractivity contribution in [2.45, 2.75) is 6.92 Å². The van der Waals surface area contributed by atoms with Gasteiger partial charge in [-0.05, 0) is 31.1 Å². The van der Waals surface area contributed by atoms with Crippen LogP contribution in [-0.2, 0) is 7.05 Å². The number of benzene rings is 1. The third-order valence-electron chi connectivity index (χ3n) is 4.17. The molecule has 1 amide bonds. The molecule has 134 valence electrons. The van der Waals surface area contributed by atoms with Crippen LogP contribution in [0.25, 0.3) is 22.3 Å². The highest BCUT2D eigenvalue weighted by molar-refractivity contribution is 6.04. The van der Waals surface area contributed by atoms with E-state index in [2.05, 4.69) is 20.3 Å². The predicted octanol–water partition coefficient (Wildman–Crippen LogP) is 3.73. The molecule has 0 aliphatic heterocycles. The van der Waals surface area contributed by atoms with Gasteiger partial charge in [0.05, 0.1) is 34.1 Å². The summed E-state index contributed by atoms with van der Waals surface area (Å²) in [6.45, 7) is 1.87. The minimum absolute atomic E-state index is 0.0650. The first-order valence-corrected chi connectivity index (χ1v) is 8.01. The second kappa shape index (κ2) is 6.60. The summed E-state index contributed by atoms with van der Waals surface area (Å²) in [5.74, 6) is -1.46. The normalized spacial score (nSPS) is 13.0. The van der Waals surface area contributed by atoms with E-state index in [0.29, 0.717) is 16.6 Å². The van der Waals surface area contributed by atoms with Crippen LogP contribution in [0.15, 0.2) is 54.8 Å². The Morgan fingerprint density at radius 2 is 2.04 bits per heavy atom. The van der Waals surface area contributed by atoms with Crippen molar-refractivity contribution in [3.05, 3.63) is 72.0 Å². The van der Waals surface area contributed by atoms with E-state index in [1.807, 2.05) is 30.7 Å². The highest BCUT2D eigenvalue weighted by Gasteiger charge is 2.13. The second-order valence-electron chi connectivity index (χ2n) is 5.85. The number of nitrogens with zero attached hydrogens (tertiary/aromatic N) is 4. The molecule has 0 aliphatic rings. The molecule has 27 heavy (non-hydrogen) atoms. The Morgan fingerprint density at radius 1 is 1.22 bits per heavy atom. The van der Waals surface area contributed by atoms with Crippen LogP contribution in [0.2, 0.25) is 0 Å². The van der Waals surface area contributed by atoms with Gasteiger partial charge in [-0.3, -0.25) is 4.79 Å². The third kappa shape index (κ3) is 3.15. The topological polar surface area (TPSA) is 72.7 Å². The zero-order chi connectivity index (χ0) is 22.4. The van der Waals surface area contributed by atoms with Crippen LogP contribution in [0, 0.1) is 12.7 Å². The van der Waals surface area contributed by atoms with Crippen molar-refractivity contribution in [2.24, 2.45) is 7.05 Å². The first-order chi connectivity index (χ1) is 14.7. The molecule has 3 heterocycles. The molecule has 0 bridgehead atoms. The van der Waals surface area contributed by atoms with E-state index in [-0.39, 0.29) is 5.82 Å². The number of nitrogens with one attached hydrogen (secondary N) is 1. The molecule has 1 aromatic carbocycles. The van der Waals surface area contributed by atoms with Gasteiger partial charge in [0.2, 0.25) is 0 Å². The van der Waals surface area contributed by atoms with Gasteiger partial charge < -0.3 is 9.88 Å². The minimum atomic E-state index is -1.32. The Kier molecular flexibility index (Phi) is 3.10. The predicted molar refractivity (Wildman–Crippen MR) is 101 cm³/mol.